The highest BCUT2D eigenvalue weighted by Crippen LogP contribution is 2.20. The summed E-state index contributed by atoms with van der Waals surface area (Å²) in [5.41, 5.74) is 1.37. The average molecular weight is 283 g/mol. The van der Waals surface area contributed by atoms with Crippen LogP contribution in [-0.4, -0.2) is 37.0 Å². The molecule has 0 aromatic carbocycles. The van der Waals surface area contributed by atoms with Crippen LogP contribution in [0.5, 0.6) is 0 Å². The van der Waals surface area contributed by atoms with E-state index in [0.717, 1.165) is 25.8 Å². The highest BCUT2D eigenvalue weighted by Gasteiger charge is 2.15. The van der Waals surface area contributed by atoms with Gasteiger partial charge in [0.05, 0.1) is 18.8 Å². The molecule has 2 rings (SSSR count). The lowest BCUT2D eigenvalue weighted by Gasteiger charge is -2.23. The number of aliphatic hydroxyl groups is 1. The summed E-state index contributed by atoms with van der Waals surface area (Å²) in [7, 11) is 0. The summed E-state index contributed by atoms with van der Waals surface area (Å²) in [5, 5.41) is 17.4. The van der Waals surface area contributed by atoms with E-state index in [2.05, 4.69) is 22.1 Å². The number of thiophene rings is 1. The van der Waals surface area contributed by atoms with Crippen molar-refractivity contribution in [1.82, 2.24) is 5.32 Å². The lowest BCUT2D eigenvalue weighted by molar-refractivity contribution is -0.0228. The second-order valence-electron chi connectivity index (χ2n) is 5.33. The Kier molecular flexibility index (Phi) is 6.85. The number of hydrogen-bond acceptors (Lipinski definition) is 4. The third-order valence-electron chi connectivity index (χ3n) is 3.63. The Balaban J connectivity index is 1.48. The third-order valence-corrected chi connectivity index (χ3v) is 4.36. The molecule has 0 radical (unpaired) electrons. The van der Waals surface area contributed by atoms with Gasteiger partial charge in [-0.05, 0) is 48.2 Å². The van der Waals surface area contributed by atoms with Gasteiger partial charge in [-0.1, -0.05) is 19.3 Å². The van der Waals surface area contributed by atoms with Crippen molar-refractivity contribution in [1.29, 1.82) is 0 Å². The highest BCUT2D eigenvalue weighted by molar-refractivity contribution is 7.07. The van der Waals surface area contributed by atoms with E-state index in [9.17, 15) is 5.11 Å². The van der Waals surface area contributed by atoms with E-state index in [1.165, 1.54) is 24.8 Å². The zero-order valence-corrected chi connectivity index (χ0v) is 12.3. The Morgan fingerprint density at radius 2 is 2.21 bits per heavy atom. The van der Waals surface area contributed by atoms with E-state index in [1.54, 1.807) is 11.3 Å². The van der Waals surface area contributed by atoms with Crippen LogP contribution in [0.1, 0.15) is 37.7 Å². The molecule has 0 bridgehead atoms. The maximum Gasteiger partial charge on any atom is 0.0897 e. The SMILES string of the molecule is OC(CNCCc1ccsc1)COC1CCCCC1. The fourth-order valence-electron chi connectivity index (χ4n) is 2.47. The lowest BCUT2D eigenvalue weighted by Crippen LogP contribution is -2.33. The van der Waals surface area contributed by atoms with Crippen LogP contribution in [-0.2, 0) is 11.2 Å². The summed E-state index contributed by atoms with van der Waals surface area (Å²) >= 11 is 1.73. The van der Waals surface area contributed by atoms with Crippen LogP contribution in [0.3, 0.4) is 0 Å². The minimum atomic E-state index is -0.385. The summed E-state index contributed by atoms with van der Waals surface area (Å²) in [5.74, 6) is 0. The van der Waals surface area contributed by atoms with Crippen molar-refractivity contribution in [2.45, 2.75) is 50.7 Å². The quantitative estimate of drug-likeness (QED) is 0.721. The largest absolute Gasteiger partial charge is 0.389 e. The monoisotopic (exact) mass is 283 g/mol. The molecule has 1 aromatic rings. The minimum absolute atomic E-state index is 0.384. The fourth-order valence-corrected chi connectivity index (χ4v) is 3.18. The molecule has 0 spiro atoms. The minimum Gasteiger partial charge on any atom is -0.389 e. The van der Waals surface area contributed by atoms with Crippen LogP contribution in [0.4, 0.5) is 0 Å². The van der Waals surface area contributed by atoms with Crippen molar-refractivity contribution >= 4 is 11.3 Å². The zero-order valence-electron chi connectivity index (χ0n) is 11.5. The Labute approximate surface area is 120 Å². The third kappa shape index (κ3) is 6.04. The van der Waals surface area contributed by atoms with Gasteiger partial charge in [-0.2, -0.15) is 11.3 Å². The molecule has 1 aliphatic carbocycles. The molecule has 1 saturated carbocycles. The fraction of sp³-hybridized carbons (Fsp3) is 0.733. The molecule has 19 heavy (non-hydrogen) atoms. The van der Waals surface area contributed by atoms with Crippen molar-refractivity contribution < 1.29 is 9.84 Å². The maximum atomic E-state index is 9.85. The first-order valence-corrected chi connectivity index (χ1v) is 8.30. The Morgan fingerprint density at radius 3 is 2.95 bits per heavy atom. The second-order valence-corrected chi connectivity index (χ2v) is 6.11. The van der Waals surface area contributed by atoms with E-state index in [1.807, 2.05) is 0 Å². The van der Waals surface area contributed by atoms with Gasteiger partial charge in [0.25, 0.3) is 0 Å². The van der Waals surface area contributed by atoms with Crippen molar-refractivity contribution in [2.24, 2.45) is 0 Å². The zero-order chi connectivity index (χ0) is 13.3. The van der Waals surface area contributed by atoms with Gasteiger partial charge in [-0.3, -0.25) is 0 Å². The predicted molar refractivity (Wildman–Crippen MR) is 79.7 cm³/mol. The van der Waals surface area contributed by atoms with Crippen molar-refractivity contribution in [3.63, 3.8) is 0 Å². The molecule has 2 N–H and O–H groups in total. The van der Waals surface area contributed by atoms with Crippen LogP contribution in [0.15, 0.2) is 16.8 Å². The van der Waals surface area contributed by atoms with Crippen molar-refractivity contribution in [3.05, 3.63) is 22.4 Å². The van der Waals surface area contributed by atoms with E-state index in [-0.39, 0.29) is 6.10 Å². The number of aliphatic hydroxyl groups excluding tert-OH is 1. The van der Waals surface area contributed by atoms with Crippen LogP contribution in [0.25, 0.3) is 0 Å². The van der Waals surface area contributed by atoms with E-state index in [0.29, 0.717) is 19.3 Å². The first-order valence-electron chi connectivity index (χ1n) is 7.36. The summed E-state index contributed by atoms with van der Waals surface area (Å²) in [6, 6.07) is 2.15. The van der Waals surface area contributed by atoms with Gasteiger partial charge in [-0.15, -0.1) is 0 Å². The van der Waals surface area contributed by atoms with Crippen LogP contribution >= 0.6 is 11.3 Å². The van der Waals surface area contributed by atoms with Crippen LogP contribution < -0.4 is 5.32 Å². The molecular weight excluding hydrogens is 258 g/mol. The van der Waals surface area contributed by atoms with Gasteiger partial charge >= 0.3 is 0 Å². The molecule has 108 valence electrons. The topological polar surface area (TPSA) is 41.5 Å². The van der Waals surface area contributed by atoms with Gasteiger partial charge in [-0.25, -0.2) is 0 Å². The number of ether oxygens (including phenoxy) is 1. The van der Waals surface area contributed by atoms with Gasteiger partial charge in [0, 0.05) is 6.54 Å². The Morgan fingerprint density at radius 1 is 1.37 bits per heavy atom. The van der Waals surface area contributed by atoms with E-state index < -0.39 is 0 Å². The lowest BCUT2D eigenvalue weighted by atomic mass is 9.98. The molecule has 0 aliphatic heterocycles. The number of hydrogen-bond donors (Lipinski definition) is 2. The molecule has 3 nitrogen and oxygen atoms in total. The van der Waals surface area contributed by atoms with E-state index >= 15 is 0 Å². The van der Waals surface area contributed by atoms with Crippen molar-refractivity contribution in [3.8, 4) is 0 Å². The summed E-state index contributed by atoms with van der Waals surface area (Å²) in [6.45, 7) is 2.00. The average Bonchev–Trinajstić information content (AvgIpc) is 2.96. The summed E-state index contributed by atoms with van der Waals surface area (Å²) in [4.78, 5) is 0. The van der Waals surface area contributed by atoms with Gasteiger partial charge in [0.1, 0.15) is 0 Å². The molecule has 1 aromatic heterocycles. The number of nitrogens with one attached hydrogen (secondary N) is 1. The highest BCUT2D eigenvalue weighted by atomic mass is 32.1. The Hall–Kier alpha value is -0.420. The second kappa shape index (κ2) is 8.69. The van der Waals surface area contributed by atoms with Crippen LogP contribution in [0, 0.1) is 0 Å². The van der Waals surface area contributed by atoms with Crippen molar-refractivity contribution in [2.75, 3.05) is 19.7 Å². The summed E-state index contributed by atoms with van der Waals surface area (Å²) in [6.07, 6.45) is 7.25. The smallest absolute Gasteiger partial charge is 0.0897 e. The normalized spacial score (nSPS) is 18.6. The van der Waals surface area contributed by atoms with Gasteiger partial charge in [0.2, 0.25) is 0 Å². The van der Waals surface area contributed by atoms with Gasteiger partial charge < -0.3 is 15.2 Å². The predicted octanol–water partition coefficient (Wildman–Crippen LogP) is 2.59. The first kappa shape index (κ1) is 15.0. The molecule has 1 atom stereocenters. The molecule has 1 aliphatic rings. The van der Waals surface area contributed by atoms with Crippen LogP contribution in [0.2, 0.25) is 0 Å². The molecule has 1 unspecified atom stereocenters. The molecular formula is C15H25NO2S. The maximum absolute atomic E-state index is 9.85. The molecule has 1 heterocycles. The molecule has 0 saturated heterocycles. The number of rotatable bonds is 8. The molecule has 1 fully saturated rings. The van der Waals surface area contributed by atoms with Gasteiger partial charge in [0.15, 0.2) is 0 Å². The van der Waals surface area contributed by atoms with E-state index in [4.69, 9.17) is 4.74 Å². The first-order chi connectivity index (χ1) is 9.34. The molecule has 4 heteroatoms. The molecule has 0 amide bonds. The summed E-state index contributed by atoms with van der Waals surface area (Å²) < 4.78 is 5.76. The standard InChI is InChI=1S/C15H25NO2S/c17-14(11-18-15-4-2-1-3-5-15)10-16-8-6-13-7-9-19-12-13/h7,9,12,14-17H,1-6,8,10-11H2. The Bertz CT molecular complexity index is 323.